The molecule has 0 spiro atoms. The number of likely N-dealkylation sites (N-methyl/N-ethyl adjacent to an activating group) is 1. The predicted octanol–water partition coefficient (Wildman–Crippen LogP) is 4.07. The van der Waals surface area contributed by atoms with E-state index < -0.39 is 29.3 Å². The minimum absolute atomic E-state index is 0.00736. The van der Waals surface area contributed by atoms with E-state index in [0.717, 1.165) is 5.56 Å². The maximum Gasteiger partial charge on any atom is 0.336 e. The van der Waals surface area contributed by atoms with Gasteiger partial charge in [-0.2, -0.15) is 0 Å². The minimum Gasteiger partial charge on any atom is -0.463 e. The quantitative estimate of drug-likeness (QED) is 0.298. The van der Waals surface area contributed by atoms with Crippen molar-refractivity contribution in [2.45, 2.75) is 33.2 Å². The molecule has 2 aromatic carbocycles. The van der Waals surface area contributed by atoms with E-state index >= 15 is 0 Å². The standard InChI is InChI=1S/C27H31N3O6/c1-5-35-26(31)23-18(2)28-19(3)24(25(23)21-12-9-13-22(16-21)30(33)34)27(32)36-15-14-29(4)17-20-10-7-6-8-11-20/h6-13,16,25,28H,5,14-15,17H2,1-4H3/i17T. The lowest BCUT2D eigenvalue weighted by Crippen LogP contribution is -2.33. The van der Waals surface area contributed by atoms with Crippen LogP contribution in [0.4, 0.5) is 5.69 Å². The number of nitrogens with one attached hydrogen (secondary N) is 1. The fourth-order valence-corrected chi connectivity index (χ4v) is 4.11. The molecule has 0 saturated heterocycles. The first-order chi connectivity index (χ1) is 17.6. The summed E-state index contributed by atoms with van der Waals surface area (Å²) < 4.78 is 19.3. The number of carbonyl (C=O) groups excluding carboxylic acids is 2. The summed E-state index contributed by atoms with van der Waals surface area (Å²) in [4.78, 5) is 39.0. The summed E-state index contributed by atoms with van der Waals surface area (Å²) in [5.41, 5.74) is 2.38. The Morgan fingerprint density at radius 2 is 1.69 bits per heavy atom. The van der Waals surface area contributed by atoms with E-state index in [1.165, 1.54) is 18.2 Å². The Labute approximate surface area is 211 Å². The van der Waals surface area contributed by atoms with Crippen LogP contribution in [0.5, 0.6) is 0 Å². The fraction of sp³-hybridized carbons (Fsp3) is 0.333. The van der Waals surface area contributed by atoms with Crippen LogP contribution in [-0.2, 0) is 25.6 Å². The van der Waals surface area contributed by atoms with Gasteiger partial charge in [0, 0.05) is 38.0 Å². The van der Waals surface area contributed by atoms with Gasteiger partial charge in [-0.05, 0) is 38.9 Å². The van der Waals surface area contributed by atoms with Crippen molar-refractivity contribution in [1.82, 2.24) is 10.2 Å². The fourth-order valence-electron chi connectivity index (χ4n) is 4.11. The number of allylic oxidation sites excluding steroid dienone is 2. The molecule has 2 atom stereocenters. The SMILES string of the molecule is [3H]C(c1ccccc1)N(C)CCOC(=O)C1=C(C)NC(C)=C(C(=O)OCC)C1c1cccc([N+](=O)[O-])c1. The second-order valence-corrected chi connectivity index (χ2v) is 8.36. The van der Waals surface area contributed by atoms with E-state index in [0.29, 0.717) is 23.5 Å². The van der Waals surface area contributed by atoms with Crippen molar-refractivity contribution in [3.05, 3.63) is 98.4 Å². The van der Waals surface area contributed by atoms with Crippen molar-refractivity contribution >= 4 is 17.6 Å². The van der Waals surface area contributed by atoms with Crippen LogP contribution in [0.25, 0.3) is 0 Å². The number of hydrogen-bond donors (Lipinski definition) is 1. The zero-order chi connectivity index (χ0) is 27.1. The number of rotatable bonds is 10. The summed E-state index contributed by atoms with van der Waals surface area (Å²) >= 11 is 0. The van der Waals surface area contributed by atoms with Crippen LogP contribution in [0.3, 0.4) is 0 Å². The number of non-ortho nitro benzene ring substituents is 1. The lowest BCUT2D eigenvalue weighted by molar-refractivity contribution is -0.384. The molecular formula is C27H31N3O6. The summed E-state index contributed by atoms with van der Waals surface area (Å²) in [6.07, 6.45) is 0. The van der Waals surface area contributed by atoms with Gasteiger partial charge in [0.15, 0.2) is 0 Å². The Bertz CT molecular complexity index is 1230. The van der Waals surface area contributed by atoms with Crippen molar-refractivity contribution in [2.75, 3.05) is 26.8 Å². The topological polar surface area (TPSA) is 111 Å². The van der Waals surface area contributed by atoms with Gasteiger partial charge in [0.2, 0.25) is 0 Å². The molecular weight excluding hydrogens is 462 g/mol. The second-order valence-electron chi connectivity index (χ2n) is 8.36. The average molecular weight is 496 g/mol. The van der Waals surface area contributed by atoms with Crippen molar-refractivity contribution in [2.24, 2.45) is 0 Å². The molecule has 9 nitrogen and oxygen atoms in total. The summed E-state index contributed by atoms with van der Waals surface area (Å²) in [6.45, 7) is 4.86. The largest absolute Gasteiger partial charge is 0.463 e. The molecule has 3 rings (SSSR count). The Kier molecular flexibility index (Phi) is 8.46. The molecule has 2 aromatic rings. The molecule has 0 bridgehead atoms. The summed E-state index contributed by atoms with van der Waals surface area (Å²) in [5, 5.41) is 14.5. The van der Waals surface area contributed by atoms with Crippen LogP contribution < -0.4 is 5.32 Å². The number of nitro groups is 1. The Balaban J connectivity index is 1.87. The number of esters is 2. The van der Waals surface area contributed by atoms with E-state index in [1.54, 1.807) is 38.8 Å². The van der Waals surface area contributed by atoms with Gasteiger partial charge < -0.3 is 14.8 Å². The van der Waals surface area contributed by atoms with Crippen LogP contribution in [0.1, 0.15) is 39.2 Å². The molecule has 1 aliphatic rings. The molecule has 0 fully saturated rings. The summed E-state index contributed by atoms with van der Waals surface area (Å²) in [5.74, 6) is -2.20. The molecule has 0 saturated carbocycles. The number of hydrogen-bond acceptors (Lipinski definition) is 8. The van der Waals surface area contributed by atoms with Crippen LogP contribution in [0.2, 0.25) is 0 Å². The zero-order valence-corrected chi connectivity index (χ0v) is 20.8. The Morgan fingerprint density at radius 3 is 2.31 bits per heavy atom. The van der Waals surface area contributed by atoms with Crippen molar-refractivity contribution < 1.29 is 25.4 Å². The van der Waals surface area contributed by atoms with E-state index in [9.17, 15) is 19.7 Å². The third kappa shape index (κ3) is 6.37. The highest BCUT2D eigenvalue weighted by Crippen LogP contribution is 2.40. The zero-order valence-electron chi connectivity index (χ0n) is 21.8. The number of nitrogens with zero attached hydrogens (tertiary/aromatic N) is 2. The highest BCUT2D eigenvalue weighted by atomic mass is 16.6. The van der Waals surface area contributed by atoms with Gasteiger partial charge in [0.25, 0.3) is 5.69 Å². The lowest BCUT2D eigenvalue weighted by atomic mass is 9.80. The second kappa shape index (κ2) is 12.1. The van der Waals surface area contributed by atoms with Gasteiger partial charge in [-0.1, -0.05) is 42.5 Å². The molecule has 36 heavy (non-hydrogen) atoms. The third-order valence-electron chi connectivity index (χ3n) is 5.74. The van der Waals surface area contributed by atoms with E-state index in [4.69, 9.17) is 10.8 Å². The van der Waals surface area contributed by atoms with Crippen molar-refractivity contribution in [1.29, 1.82) is 0 Å². The molecule has 0 aromatic heterocycles. The highest BCUT2D eigenvalue weighted by Gasteiger charge is 2.38. The number of benzene rings is 2. The normalized spacial score (nSPS) is 16.8. The molecule has 1 N–H and O–H groups in total. The first-order valence-electron chi connectivity index (χ1n) is 12.2. The molecule has 9 heteroatoms. The minimum atomic E-state index is -0.918. The molecule has 0 aliphatic carbocycles. The van der Waals surface area contributed by atoms with E-state index in [1.807, 2.05) is 30.3 Å². The van der Waals surface area contributed by atoms with E-state index in [2.05, 4.69) is 5.32 Å². The molecule has 1 heterocycles. The van der Waals surface area contributed by atoms with Crippen molar-refractivity contribution in [3.63, 3.8) is 0 Å². The maximum absolute atomic E-state index is 13.4. The van der Waals surface area contributed by atoms with Gasteiger partial charge in [-0.15, -0.1) is 0 Å². The number of dihydropyridines is 1. The van der Waals surface area contributed by atoms with E-state index in [-0.39, 0.29) is 30.0 Å². The Hall–Kier alpha value is -3.98. The molecule has 0 radical (unpaired) electrons. The third-order valence-corrected chi connectivity index (χ3v) is 5.74. The average Bonchev–Trinajstić information content (AvgIpc) is 2.88. The number of nitro benzene ring substituents is 1. The number of ether oxygens (including phenoxy) is 2. The van der Waals surface area contributed by atoms with Crippen LogP contribution in [-0.4, -0.2) is 48.6 Å². The molecule has 2 unspecified atom stereocenters. The predicted molar refractivity (Wildman–Crippen MR) is 135 cm³/mol. The maximum atomic E-state index is 13.4. The van der Waals surface area contributed by atoms with Crippen molar-refractivity contribution in [3.8, 4) is 0 Å². The first kappa shape index (κ1) is 25.1. The first-order valence-corrected chi connectivity index (χ1v) is 11.6. The van der Waals surface area contributed by atoms with Gasteiger partial charge in [-0.25, -0.2) is 9.59 Å². The molecule has 0 amide bonds. The Morgan fingerprint density at radius 1 is 1.06 bits per heavy atom. The lowest BCUT2D eigenvalue weighted by Gasteiger charge is -2.30. The van der Waals surface area contributed by atoms with Gasteiger partial charge >= 0.3 is 11.9 Å². The smallest absolute Gasteiger partial charge is 0.336 e. The van der Waals surface area contributed by atoms with Crippen LogP contribution >= 0.6 is 0 Å². The van der Waals surface area contributed by atoms with Gasteiger partial charge in [-0.3, -0.25) is 15.0 Å². The van der Waals surface area contributed by atoms with Crippen LogP contribution in [0, 0.1) is 10.1 Å². The number of carbonyl (C=O) groups is 2. The summed E-state index contributed by atoms with van der Waals surface area (Å²) in [7, 11) is 1.77. The molecule has 1 aliphatic heterocycles. The molecule has 190 valence electrons. The van der Waals surface area contributed by atoms with Gasteiger partial charge in [0.1, 0.15) is 6.61 Å². The highest BCUT2D eigenvalue weighted by molar-refractivity contribution is 6.00. The summed E-state index contributed by atoms with van der Waals surface area (Å²) in [6, 6.07) is 15.2. The van der Waals surface area contributed by atoms with Crippen LogP contribution in [0.15, 0.2) is 77.1 Å². The monoisotopic (exact) mass is 495 g/mol. The van der Waals surface area contributed by atoms with Gasteiger partial charge in [0.05, 0.1) is 28.6 Å².